The summed E-state index contributed by atoms with van der Waals surface area (Å²) in [6, 6.07) is 25.6. The molecule has 194 valence electrons. The van der Waals surface area contributed by atoms with Crippen LogP contribution in [-0.4, -0.2) is 31.3 Å². The van der Waals surface area contributed by atoms with Crippen molar-refractivity contribution in [3.05, 3.63) is 102 Å². The van der Waals surface area contributed by atoms with E-state index in [2.05, 4.69) is 17.5 Å². The molecule has 4 aromatic rings. The molecule has 0 heterocycles. The second-order valence-corrected chi connectivity index (χ2v) is 8.71. The summed E-state index contributed by atoms with van der Waals surface area (Å²) in [5.74, 6) is 0.742. The van der Waals surface area contributed by atoms with E-state index in [9.17, 15) is 9.59 Å². The highest BCUT2D eigenvalue weighted by Crippen LogP contribution is 2.27. The molecule has 0 fully saturated rings. The molecule has 0 saturated carbocycles. The number of nitrogens with zero attached hydrogens (tertiary/aromatic N) is 1. The van der Waals surface area contributed by atoms with Crippen molar-refractivity contribution in [2.24, 2.45) is 5.10 Å². The van der Waals surface area contributed by atoms with Crippen LogP contribution in [-0.2, 0) is 4.79 Å². The highest BCUT2D eigenvalue weighted by molar-refractivity contribution is 6.04. The van der Waals surface area contributed by atoms with Crippen molar-refractivity contribution in [2.45, 2.75) is 26.7 Å². The zero-order valence-electron chi connectivity index (χ0n) is 21.5. The van der Waals surface area contributed by atoms with E-state index in [1.165, 1.54) is 6.21 Å². The van der Waals surface area contributed by atoms with Crippen LogP contribution in [0.25, 0.3) is 10.8 Å². The molecule has 7 nitrogen and oxygen atoms in total. The SMILES string of the molecule is CCCCOc1ccc(OCC(=O)NN=Cc2c(OC(=O)c3cccc(C)c3)ccc3ccccc23)cc1. The van der Waals surface area contributed by atoms with Crippen LogP contribution in [0.1, 0.15) is 41.3 Å². The molecule has 4 rings (SSSR count). The van der Waals surface area contributed by atoms with Gasteiger partial charge in [0.15, 0.2) is 6.61 Å². The average Bonchev–Trinajstić information content (AvgIpc) is 2.93. The van der Waals surface area contributed by atoms with Crippen molar-refractivity contribution < 1.29 is 23.8 Å². The van der Waals surface area contributed by atoms with Crippen molar-refractivity contribution in [1.82, 2.24) is 5.43 Å². The molecule has 0 aliphatic rings. The van der Waals surface area contributed by atoms with Gasteiger partial charge in [0.2, 0.25) is 0 Å². The van der Waals surface area contributed by atoms with E-state index in [0.29, 0.717) is 29.2 Å². The Hall–Kier alpha value is -4.65. The first-order chi connectivity index (χ1) is 18.5. The molecule has 0 saturated heterocycles. The number of carbonyl (C=O) groups is 2. The Bertz CT molecular complexity index is 1430. The highest BCUT2D eigenvalue weighted by atomic mass is 16.5. The number of hydrogen-bond donors (Lipinski definition) is 1. The number of fused-ring (bicyclic) bond motifs is 1. The summed E-state index contributed by atoms with van der Waals surface area (Å²) >= 11 is 0. The van der Waals surface area contributed by atoms with Crippen LogP contribution in [0.15, 0.2) is 90.0 Å². The van der Waals surface area contributed by atoms with Gasteiger partial charge in [0.05, 0.1) is 18.4 Å². The molecular weight excluding hydrogens is 480 g/mol. The molecule has 0 aromatic heterocycles. The number of hydrazone groups is 1. The maximum absolute atomic E-state index is 12.8. The molecule has 0 unspecified atom stereocenters. The first-order valence-corrected chi connectivity index (χ1v) is 12.5. The van der Waals surface area contributed by atoms with Gasteiger partial charge in [-0.3, -0.25) is 4.79 Å². The highest BCUT2D eigenvalue weighted by Gasteiger charge is 2.14. The van der Waals surface area contributed by atoms with Gasteiger partial charge in [0.1, 0.15) is 17.2 Å². The number of ether oxygens (including phenoxy) is 3. The van der Waals surface area contributed by atoms with Crippen LogP contribution in [0.3, 0.4) is 0 Å². The lowest BCUT2D eigenvalue weighted by atomic mass is 10.0. The number of nitrogens with one attached hydrogen (secondary N) is 1. The van der Waals surface area contributed by atoms with Crippen LogP contribution in [0.5, 0.6) is 17.2 Å². The number of rotatable bonds is 11. The molecule has 1 N–H and O–H groups in total. The number of carbonyl (C=O) groups excluding carboxylic acids is 2. The van der Waals surface area contributed by atoms with Gasteiger partial charge in [-0.05, 0) is 66.6 Å². The average molecular weight is 511 g/mol. The zero-order valence-corrected chi connectivity index (χ0v) is 21.5. The molecule has 0 spiro atoms. The van der Waals surface area contributed by atoms with Gasteiger partial charge >= 0.3 is 5.97 Å². The van der Waals surface area contributed by atoms with E-state index in [-0.39, 0.29) is 6.61 Å². The lowest BCUT2D eigenvalue weighted by Crippen LogP contribution is -2.24. The van der Waals surface area contributed by atoms with E-state index in [1.807, 2.05) is 49.4 Å². The second kappa shape index (κ2) is 13.1. The summed E-state index contributed by atoms with van der Waals surface area (Å²) in [4.78, 5) is 25.1. The normalized spacial score (nSPS) is 10.9. The van der Waals surface area contributed by atoms with E-state index in [0.717, 1.165) is 34.9 Å². The molecular formula is C31H30N2O5. The first kappa shape index (κ1) is 26.4. The third-order valence-electron chi connectivity index (χ3n) is 5.73. The standard InChI is InChI=1S/C31H30N2O5/c1-3-4-18-36-25-13-15-26(16-14-25)37-21-30(34)33-32-20-28-27-11-6-5-9-23(27)12-17-29(28)38-31(35)24-10-7-8-22(2)19-24/h5-17,19-20H,3-4,18,21H2,1-2H3,(H,33,34). The van der Waals surface area contributed by atoms with Crippen molar-refractivity contribution >= 4 is 28.9 Å². The number of hydrogen-bond acceptors (Lipinski definition) is 6. The van der Waals surface area contributed by atoms with Crippen molar-refractivity contribution in [1.29, 1.82) is 0 Å². The lowest BCUT2D eigenvalue weighted by Gasteiger charge is -2.11. The number of esters is 1. The molecule has 0 bridgehead atoms. The molecule has 0 aliphatic carbocycles. The minimum atomic E-state index is -0.474. The fraction of sp³-hybridized carbons (Fsp3) is 0.194. The summed E-state index contributed by atoms with van der Waals surface area (Å²) in [6.07, 6.45) is 3.54. The van der Waals surface area contributed by atoms with Crippen LogP contribution in [0, 0.1) is 6.92 Å². The minimum Gasteiger partial charge on any atom is -0.494 e. The first-order valence-electron chi connectivity index (χ1n) is 12.5. The molecule has 4 aromatic carbocycles. The monoisotopic (exact) mass is 510 g/mol. The second-order valence-electron chi connectivity index (χ2n) is 8.71. The topological polar surface area (TPSA) is 86.2 Å². The molecule has 1 amide bonds. The van der Waals surface area contributed by atoms with Gasteiger partial charge in [-0.1, -0.05) is 61.4 Å². The summed E-state index contributed by atoms with van der Waals surface area (Å²) in [5, 5.41) is 5.88. The summed E-state index contributed by atoms with van der Waals surface area (Å²) in [6.45, 7) is 4.48. The zero-order chi connectivity index (χ0) is 26.7. The fourth-order valence-corrected chi connectivity index (χ4v) is 3.75. The predicted molar refractivity (Wildman–Crippen MR) is 148 cm³/mol. The van der Waals surface area contributed by atoms with Gasteiger partial charge in [0.25, 0.3) is 5.91 Å². The maximum Gasteiger partial charge on any atom is 0.343 e. The van der Waals surface area contributed by atoms with E-state index in [1.54, 1.807) is 42.5 Å². The lowest BCUT2D eigenvalue weighted by molar-refractivity contribution is -0.123. The van der Waals surface area contributed by atoms with E-state index in [4.69, 9.17) is 14.2 Å². The Morgan fingerprint density at radius 2 is 1.66 bits per heavy atom. The summed E-state index contributed by atoms with van der Waals surface area (Å²) < 4.78 is 16.9. The largest absolute Gasteiger partial charge is 0.494 e. The number of aryl methyl sites for hydroxylation is 1. The molecule has 0 radical (unpaired) electrons. The van der Waals surface area contributed by atoms with Crippen molar-refractivity contribution in [2.75, 3.05) is 13.2 Å². The van der Waals surface area contributed by atoms with Gasteiger partial charge in [-0.15, -0.1) is 0 Å². The van der Waals surface area contributed by atoms with E-state index >= 15 is 0 Å². The van der Waals surface area contributed by atoms with Crippen LogP contribution >= 0.6 is 0 Å². The molecule has 38 heavy (non-hydrogen) atoms. The Labute approximate surface area is 222 Å². The number of unbranched alkanes of at least 4 members (excludes halogenated alkanes) is 1. The molecule has 7 heteroatoms. The van der Waals surface area contributed by atoms with Crippen LogP contribution < -0.4 is 19.6 Å². The van der Waals surface area contributed by atoms with Gasteiger partial charge in [0, 0.05) is 5.56 Å². The maximum atomic E-state index is 12.8. The van der Waals surface area contributed by atoms with Crippen LogP contribution in [0.4, 0.5) is 0 Å². The van der Waals surface area contributed by atoms with E-state index < -0.39 is 11.9 Å². The Morgan fingerprint density at radius 3 is 2.42 bits per heavy atom. The van der Waals surface area contributed by atoms with Crippen molar-refractivity contribution in [3.8, 4) is 17.2 Å². The predicted octanol–water partition coefficient (Wildman–Crippen LogP) is 6.08. The third-order valence-corrected chi connectivity index (χ3v) is 5.73. The van der Waals surface area contributed by atoms with Gasteiger partial charge in [-0.2, -0.15) is 5.10 Å². The Kier molecular flexibility index (Phi) is 9.07. The van der Waals surface area contributed by atoms with Gasteiger partial charge < -0.3 is 14.2 Å². The minimum absolute atomic E-state index is 0.210. The summed E-state index contributed by atoms with van der Waals surface area (Å²) in [5.41, 5.74) is 4.46. The van der Waals surface area contributed by atoms with Gasteiger partial charge in [-0.25, -0.2) is 10.2 Å². The smallest absolute Gasteiger partial charge is 0.343 e. The fourth-order valence-electron chi connectivity index (χ4n) is 3.75. The quantitative estimate of drug-likeness (QED) is 0.0869. The Morgan fingerprint density at radius 1 is 0.895 bits per heavy atom. The van der Waals surface area contributed by atoms with Crippen molar-refractivity contribution in [3.63, 3.8) is 0 Å². The number of amides is 1. The summed E-state index contributed by atoms with van der Waals surface area (Å²) in [7, 11) is 0. The van der Waals surface area contributed by atoms with Crippen LogP contribution in [0.2, 0.25) is 0 Å². The molecule has 0 aliphatic heterocycles. The molecule has 0 atom stereocenters. The number of benzene rings is 4. The third kappa shape index (κ3) is 7.20. The Balaban J connectivity index is 1.41.